The number of hydrogen-bond donors (Lipinski definition) is 3. The van der Waals surface area contributed by atoms with Crippen LogP contribution in [-0.4, -0.2) is 57.4 Å². The van der Waals surface area contributed by atoms with Gasteiger partial charge in [0.25, 0.3) is 0 Å². The number of hydrogen-bond acceptors (Lipinski definition) is 4. The smallest absolute Gasteiger partial charge is 0.475 e. The molecule has 0 spiro atoms. The van der Waals surface area contributed by atoms with Crippen molar-refractivity contribution in [1.82, 2.24) is 15.1 Å². The molecule has 1 atom stereocenters. The van der Waals surface area contributed by atoms with Crippen molar-refractivity contribution in [2.75, 3.05) is 18.4 Å². The van der Waals surface area contributed by atoms with Crippen LogP contribution in [0.3, 0.4) is 0 Å². The third-order valence-electron chi connectivity index (χ3n) is 5.10. The van der Waals surface area contributed by atoms with Gasteiger partial charge in [-0.2, -0.15) is 18.3 Å². The van der Waals surface area contributed by atoms with E-state index in [9.17, 15) is 18.0 Å². The van der Waals surface area contributed by atoms with Crippen LogP contribution in [0.5, 0.6) is 0 Å². The molecule has 3 N–H and O–H groups in total. The number of amides is 1. The summed E-state index contributed by atoms with van der Waals surface area (Å²) in [5, 5.41) is 18.8. The molecular weight excluding hydrogens is 505 g/mol. The molecule has 2 heterocycles. The Morgan fingerprint density at radius 1 is 1.21 bits per heavy atom. The Morgan fingerprint density at radius 3 is 2.58 bits per heavy atom. The fourth-order valence-corrected chi connectivity index (χ4v) is 3.74. The number of alkyl halides is 3. The van der Waals surface area contributed by atoms with Crippen molar-refractivity contribution in [3.63, 3.8) is 0 Å². The summed E-state index contributed by atoms with van der Waals surface area (Å²) in [6, 6.07) is 14.4. The number of carboxylic acids is 1. The number of aliphatic carboxylic acids is 1. The standard InChI is InChI=1S/C20H21BrN4O.C2HF3O2/c21-16-5-3-14(4-6-16)10-20(26)25-9-1-2-18(13-25)23-17-7-8-19-15(11-17)12-22-24-19;3-2(4,5)1(6)7/h3-8,11-12,18,23H,1-2,9-10,13H2,(H,22,24);(H,6,7). The minimum absolute atomic E-state index is 0.198. The zero-order valence-corrected chi connectivity index (χ0v) is 19.0. The van der Waals surface area contributed by atoms with Gasteiger partial charge < -0.3 is 15.3 Å². The zero-order valence-electron chi connectivity index (χ0n) is 17.4. The first kappa shape index (κ1) is 24.6. The molecule has 1 fully saturated rings. The number of nitrogens with one attached hydrogen (secondary N) is 2. The first-order valence-corrected chi connectivity index (χ1v) is 10.9. The van der Waals surface area contributed by atoms with Crippen molar-refractivity contribution in [2.24, 2.45) is 0 Å². The predicted octanol–water partition coefficient (Wildman–Crippen LogP) is 4.60. The molecule has 0 aliphatic carbocycles. The number of likely N-dealkylation sites (tertiary alicyclic amines) is 1. The van der Waals surface area contributed by atoms with Crippen LogP contribution in [-0.2, 0) is 16.0 Å². The van der Waals surface area contributed by atoms with E-state index in [1.54, 1.807) is 0 Å². The average Bonchev–Trinajstić information content (AvgIpc) is 3.23. The molecule has 7 nitrogen and oxygen atoms in total. The van der Waals surface area contributed by atoms with Crippen molar-refractivity contribution in [3.05, 3.63) is 58.7 Å². The predicted molar refractivity (Wildman–Crippen MR) is 121 cm³/mol. The second-order valence-corrected chi connectivity index (χ2v) is 8.52. The summed E-state index contributed by atoms with van der Waals surface area (Å²) >= 11 is 3.43. The van der Waals surface area contributed by atoms with Gasteiger partial charge in [-0.1, -0.05) is 28.1 Å². The average molecular weight is 527 g/mol. The number of anilines is 1. The molecule has 1 aliphatic heterocycles. The Hall–Kier alpha value is -3.08. The summed E-state index contributed by atoms with van der Waals surface area (Å²) in [5.41, 5.74) is 3.16. The number of aromatic amines is 1. The van der Waals surface area contributed by atoms with Crippen LogP contribution in [0.25, 0.3) is 10.9 Å². The van der Waals surface area contributed by atoms with E-state index in [0.29, 0.717) is 6.42 Å². The van der Waals surface area contributed by atoms with Crippen molar-refractivity contribution in [3.8, 4) is 0 Å². The van der Waals surface area contributed by atoms with Crippen LogP contribution in [0.15, 0.2) is 53.1 Å². The fraction of sp³-hybridized carbons (Fsp3) is 0.318. The minimum Gasteiger partial charge on any atom is -0.475 e. The highest BCUT2D eigenvalue weighted by Crippen LogP contribution is 2.21. The van der Waals surface area contributed by atoms with E-state index in [1.165, 1.54) is 0 Å². The Bertz CT molecular complexity index is 1100. The van der Waals surface area contributed by atoms with Gasteiger partial charge >= 0.3 is 12.1 Å². The van der Waals surface area contributed by atoms with Gasteiger partial charge in [0.1, 0.15) is 0 Å². The molecule has 1 amide bonds. The second kappa shape index (κ2) is 10.7. The number of carbonyl (C=O) groups excluding carboxylic acids is 1. The van der Waals surface area contributed by atoms with Crippen LogP contribution in [0.4, 0.5) is 18.9 Å². The molecule has 0 saturated carbocycles. The molecule has 33 heavy (non-hydrogen) atoms. The number of H-pyrrole nitrogens is 1. The Kier molecular flexibility index (Phi) is 7.96. The number of carbonyl (C=O) groups is 2. The number of aromatic nitrogens is 2. The summed E-state index contributed by atoms with van der Waals surface area (Å²) in [6.45, 7) is 1.59. The van der Waals surface area contributed by atoms with E-state index in [0.717, 1.165) is 52.6 Å². The second-order valence-electron chi connectivity index (χ2n) is 7.60. The maximum absolute atomic E-state index is 12.7. The Labute approximate surface area is 196 Å². The molecule has 1 aliphatic rings. The van der Waals surface area contributed by atoms with Gasteiger partial charge in [-0.25, -0.2) is 4.79 Å². The Balaban J connectivity index is 0.000000383. The quantitative estimate of drug-likeness (QED) is 0.461. The molecule has 3 aromatic rings. The number of benzene rings is 2. The van der Waals surface area contributed by atoms with Crippen molar-refractivity contribution >= 4 is 44.4 Å². The van der Waals surface area contributed by atoms with Crippen molar-refractivity contribution < 1.29 is 27.9 Å². The van der Waals surface area contributed by atoms with Crippen LogP contribution in [0.2, 0.25) is 0 Å². The third-order valence-corrected chi connectivity index (χ3v) is 5.62. The fourth-order valence-electron chi connectivity index (χ4n) is 3.48. The largest absolute Gasteiger partial charge is 0.490 e. The number of nitrogens with zero attached hydrogens (tertiary/aromatic N) is 2. The van der Waals surface area contributed by atoms with E-state index < -0.39 is 12.1 Å². The van der Waals surface area contributed by atoms with E-state index in [-0.39, 0.29) is 11.9 Å². The van der Waals surface area contributed by atoms with E-state index in [4.69, 9.17) is 9.90 Å². The molecule has 1 aromatic heterocycles. The monoisotopic (exact) mass is 526 g/mol. The van der Waals surface area contributed by atoms with Crippen molar-refractivity contribution in [1.29, 1.82) is 0 Å². The van der Waals surface area contributed by atoms with Crippen molar-refractivity contribution in [2.45, 2.75) is 31.5 Å². The number of fused-ring (bicyclic) bond motifs is 1. The lowest BCUT2D eigenvalue weighted by Gasteiger charge is -2.34. The maximum atomic E-state index is 12.7. The summed E-state index contributed by atoms with van der Waals surface area (Å²) in [4.78, 5) is 23.5. The third kappa shape index (κ3) is 7.21. The lowest BCUT2D eigenvalue weighted by molar-refractivity contribution is -0.192. The number of halogens is 4. The van der Waals surface area contributed by atoms with Gasteiger partial charge in [0, 0.05) is 34.7 Å². The number of carboxylic acid groups (broad SMARTS) is 1. The maximum Gasteiger partial charge on any atom is 0.490 e. The van der Waals surface area contributed by atoms with E-state index in [1.807, 2.05) is 41.4 Å². The van der Waals surface area contributed by atoms with Crippen LogP contribution < -0.4 is 5.32 Å². The summed E-state index contributed by atoms with van der Waals surface area (Å²) in [6.07, 6.45) is -0.695. The van der Waals surface area contributed by atoms with E-state index >= 15 is 0 Å². The summed E-state index contributed by atoms with van der Waals surface area (Å²) < 4.78 is 32.8. The van der Waals surface area contributed by atoms with Gasteiger partial charge in [0.2, 0.25) is 5.91 Å². The molecule has 176 valence electrons. The summed E-state index contributed by atoms with van der Waals surface area (Å²) in [7, 11) is 0. The molecule has 1 saturated heterocycles. The number of rotatable bonds is 4. The Morgan fingerprint density at radius 2 is 1.91 bits per heavy atom. The highest BCUT2D eigenvalue weighted by atomic mass is 79.9. The van der Waals surface area contributed by atoms with Gasteiger partial charge in [0.05, 0.1) is 18.1 Å². The minimum atomic E-state index is -5.08. The normalized spacial score (nSPS) is 16.1. The first-order valence-electron chi connectivity index (χ1n) is 10.1. The highest BCUT2D eigenvalue weighted by molar-refractivity contribution is 9.10. The lowest BCUT2D eigenvalue weighted by atomic mass is 10.0. The molecule has 1 unspecified atom stereocenters. The zero-order chi connectivity index (χ0) is 24.0. The van der Waals surface area contributed by atoms with Crippen LogP contribution in [0, 0.1) is 0 Å². The topological polar surface area (TPSA) is 98.3 Å². The molecule has 0 bridgehead atoms. The van der Waals surface area contributed by atoms with Gasteiger partial charge in [0.15, 0.2) is 0 Å². The van der Waals surface area contributed by atoms with Gasteiger partial charge in [-0.05, 0) is 48.7 Å². The van der Waals surface area contributed by atoms with Crippen LogP contribution in [0.1, 0.15) is 18.4 Å². The molecular formula is C22H22BrF3N4O3. The van der Waals surface area contributed by atoms with Gasteiger partial charge in [-0.15, -0.1) is 0 Å². The van der Waals surface area contributed by atoms with Crippen LogP contribution >= 0.6 is 15.9 Å². The molecule has 0 radical (unpaired) electrons. The SMILES string of the molecule is O=C(Cc1ccc(Br)cc1)N1CCCC(Nc2ccc3[nH]ncc3c2)C1.O=C(O)C(F)(F)F. The molecule has 4 rings (SSSR count). The highest BCUT2D eigenvalue weighted by Gasteiger charge is 2.38. The first-order chi connectivity index (χ1) is 15.6. The molecule has 2 aromatic carbocycles. The molecule has 11 heteroatoms. The number of piperidine rings is 1. The van der Waals surface area contributed by atoms with Gasteiger partial charge in [-0.3, -0.25) is 9.89 Å². The van der Waals surface area contributed by atoms with E-state index in [2.05, 4.69) is 43.6 Å². The lowest BCUT2D eigenvalue weighted by Crippen LogP contribution is -2.45. The summed E-state index contributed by atoms with van der Waals surface area (Å²) in [5.74, 6) is -2.56.